The highest BCUT2D eigenvalue weighted by molar-refractivity contribution is 5.96. The van der Waals surface area contributed by atoms with E-state index in [1.54, 1.807) is 17.0 Å². The van der Waals surface area contributed by atoms with Crippen molar-refractivity contribution in [3.63, 3.8) is 0 Å². The van der Waals surface area contributed by atoms with E-state index in [-0.39, 0.29) is 17.0 Å². The number of hydrogen-bond donors (Lipinski definition) is 0. The first-order valence-electron chi connectivity index (χ1n) is 5.65. The van der Waals surface area contributed by atoms with Gasteiger partial charge in [-0.15, -0.1) is 0 Å². The van der Waals surface area contributed by atoms with Crippen LogP contribution < -0.4 is 4.90 Å². The first-order valence-corrected chi connectivity index (χ1v) is 5.65. The summed E-state index contributed by atoms with van der Waals surface area (Å²) < 4.78 is 0. The average Bonchev–Trinajstić information content (AvgIpc) is 2.97. The van der Waals surface area contributed by atoms with Crippen LogP contribution in [0.1, 0.15) is 19.3 Å². The molecule has 0 N–H and O–H groups in total. The highest BCUT2D eigenvalue weighted by Gasteiger charge is 2.51. The molecule has 2 aliphatic rings. The molecule has 5 nitrogen and oxygen atoms in total. The van der Waals surface area contributed by atoms with Crippen molar-refractivity contribution in [2.45, 2.75) is 19.3 Å². The van der Waals surface area contributed by atoms with Crippen molar-refractivity contribution in [3.8, 4) is 0 Å². The predicted octanol–water partition coefficient (Wildman–Crippen LogP) is 2.11. The van der Waals surface area contributed by atoms with Crippen LogP contribution in [0.5, 0.6) is 0 Å². The lowest BCUT2D eigenvalue weighted by atomic mass is 10.1. The standard InChI is InChI=1S/C12H12N2O3/c15-11-7-12(5-6-12)8-13(11)9-1-3-10(4-2-9)14(16)17/h1-4H,5-8H2. The topological polar surface area (TPSA) is 63.5 Å². The van der Waals surface area contributed by atoms with Crippen LogP contribution in [0.4, 0.5) is 11.4 Å². The van der Waals surface area contributed by atoms with Crippen LogP contribution >= 0.6 is 0 Å². The number of benzene rings is 1. The van der Waals surface area contributed by atoms with E-state index in [1.165, 1.54) is 12.1 Å². The largest absolute Gasteiger partial charge is 0.312 e. The highest BCUT2D eigenvalue weighted by Crippen LogP contribution is 2.53. The molecule has 1 saturated carbocycles. The number of nitrogens with zero attached hydrogens (tertiary/aromatic N) is 2. The number of nitro groups is 1. The molecule has 1 amide bonds. The van der Waals surface area contributed by atoms with Crippen LogP contribution in [-0.2, 0) is 4.79 Å². The normalized spacial score (nSPS) is 20.9. The zero-order valence-corrected chi connectivity index (χ0v) is 9.26. The molecular weight excluding hydrogens is 220 g/mol. The Kier molecular flexibility index (Phi) is 1.98. The fraction of sp³-hybridized carbons (Fsp3) is 0.417. The lowest BCUT2D eigenvalue weighted by molar-refractivity contribution is -0.384. The summed E-state index contributed by atoms with van der Waals surface area (Å²) >= 11 is 0. The van der Waals surface area contributed by atoms with Gasteiger partial charge in [0.25, 0.3) is 5.69 Å². The molecule has 2 fully saturated rings. The fourth-order valence-electron chi connectivity index (χ4n) is 2.40. The molecule has 0 atom stereocenters. The van der Waals surface area contributed by atoms with Crippen LogP contribution in [0, 0.1) is 15.5 Å². The molecule has 1 heterocycles. The smallest absolute Gasteiger partial charge is 0.269 e. The van der Waals surface area contributed by atoms with E-state index >= 15 is 0 Å². The molecule has 1 spiro atoms. The van der Waals surface area contributed by atoms with Gasteiger partial charge in [0.2, 0.25) is 5.91 Å². The Morgan fingerprint density at radius 2 is 1.88 bits per heavy atom. The third-order valence-electron chi connectivity index (χ3n) is 3.65. The van der Waals surface area contributed by atoms with Crippen LogP contribution in [0.25, 0.3) is 0 Å². The monoisotopic (exact) mass is 232 g/mol. The molecule has 0 radical (unpaired) electrons. The molecule has 1 aliphatic heterocycles. The first-order chi connectivity index (χ1) is 8.10. The Labute approximate surface area is 98.2 Å². The van der Waals surface area contributed by atoms with Gasteiger partial charge >= 0.3 is 0 Å². The number of anilines is 1. The summed E-state index contributed by atoms with van der Waals surface area (Å²) in [5.74, 6) is 0.136. The summed E-state index contributed by atoms with van der Waals surface area (Å²) in [5.41, 5.74) is 1.05. The van der Waals surface area contributed by atoms with Gasteiger partial charge in [-0.25, -0.2) is 0 Å². The average molecular weight is 232 g/mol. The molecule has 88 valence electrons. The van der Waals surface area contributed by atoms with Crippen molar-refractivity contribution < 1.29 is 9.72 Å². The van der Waals surface area contributed by atoms with Gasteiger partial charge in [0.1, 0.15) is 0 Å². The van der Waals surface area contributed by atoms with Crippen LogP contribution in [0.3, 0.4) is 0 Å². The molecule has 1 aliphatic carbocycles. The van der Waals surface area contributed by atoms with Crippen molar-refractivity contribution in [2.24, 2.45) is 5.41 Å². The molecule has 17 heavy (non-hydrogen) atoms. The second-order valence-corrected chi connectivity index (χ2v) is 4.93. The molecule has 3 rings (SSSR count). The zero-order chi connectivity index (χ0) is 12.0. The summed E-state index contributed by atoms with van der Waals surface area (Å²) in [5, 5.41) is 10.5. The van der Waals surface area contributed by atoms with Crippen molar-refractivity contribution >= 4 is 17.3 Å². The lowest BCUT2D eigenvalue weighted by Gasteiger charge is -2.16. The molecule has 0 unspecified atom stereocenters. The molecule has 5 heteroatoms. The molecule has 1 saturated heterocycles. The Morgan fingerprint density at radius 1 is 1.24 bits per heavy atom. The number of amides is 1. The second-order valence-electron chi connectivity index (χ2n) is 4.93. The van der Waals surface area contributed by atoms with Crippen molar-refractivity contribution in [1.82, 2.24) is 0 Å². The number of carbonyl (C=O) groups is 1. The number of nitro benzene ring substituents is 1. The quantitative estimate of drug-likeness (QED) is 0.579. The van der Waals surface area contributed by atoms with Gasteiger partial charge < -0.3 is 4.90 Å². The summed E-state index contributed by atoms with van der Waals surface area (Å²) in [6, 6.07) is 6.19. The highest BCUT2D eigenvalue weighted by atomic mass is 16.6. The van der Waals surface area contributed by atoms with Crippen molar-refractivity contribution in [1.29, 1.82) is 0 Å². The van der Waals surface area contributed by atoms with Crippen LogP contribution in [0.2, 0.25) is 0 Å². The van der Waals surface area contributed by atoms with Crippen LogP contribution in [-0.4, -0.2) is 17.4 Å². The Hall–Kier alpha value is -1.91. The molecule has 0 aromatic heterocycles. The summed E-state index contributed by atoms with van der Waals surface area (Å²) in [4.78, 5) is 23.7. The number of carbonyl (C=O) groups excluding carboxylic acids is 1. The minimum atomic E-state index is -0.433. The van der Waals surface area contributed by atoms with Gasteiger partial charge in [0.15, 0.2) is 0 Å². The van der Waals surface area contributed by atoms with E-state index in [9.17, 15) is 14.9 Å². The van der Waals surface area contributed by atoms with Gasteiger partial charge in [-0.05, 0) is 30.4 Å². The number of rotatable bonds is 2. The van der Waals surface area contributed by atoms with E-state index in [2.05, 4.69) is 0 Å². The Morgan fingerprint density at radius 3 is 2.35 bits per heavy atom. The van der Waals surface area contributed by atoms with Gasteiger partial charge in [-0.1, -0.05) is 0 Å². The molecule has 0 bridgehead atoms. The zero-order valence-electron chi connectivity index (χ0n) is 9.26. The number of hydrogen-bond acceptors (Lipinski definition) is 3. The Bertz CT molecular complexity index is 491. The van der Waals surface area contributed by atoms with Crippen LogP contribution in [0.15, 0.2) is 24.3 Å². The van der Waals surface area contributed by atoms with Gasteiger partial charge in [-0.2, -0.15) is 0 Å². The van der Waals surface area contributed by atoms with E-state index in [0.29, 0.717) is 6.42 Å². The fourth-order valence-corrected chi connectivity index (χ4v) is 2.40. The minimum Gasteiger partial charge on any atom is -0.312 e. The van der Waals surface area contributed by atoms with Gasteiger partial charge in [-0.3, -0.25) is 14.9 Å². The maximum atomic E-state index is 11.8. The SMILES string of the molecule is O=C1CC2(CC2)CN1c1ccc([N+](=O)[O-])cc1. The van der Waals surface area contributed by atoms with Gasteiger partial charge in [0.05, 0.1) is 4.92 Å². The third-order valence-corrected chi connectivity index (χ3v) is 3.65. The summed E-state index contributed by atoms with van der Waals surface area (Å²) in [6.45, 7) is 0.768. The maximum absolute atomic E-state index is 11.8. The third kappa shape index (κ3) is 1.67. The van der Waals surface area contributed by atoms with E-state index in [0.717, 1.165) is 25.1 Å². The molecule has 1 aromatic carbocycles. The lowest BCUT2D eigenvalue weighted by Crippen LogP contribution is -2.24. The number of non-ortho nitro benzene ring substituents is 1. The molecule has 1 aromatic rings. The summed E-state index contributed by atoms with van der Waals surface area (Å²) in [6.07, 6.45) is 2.88. The Balaban J connectivity index is 1.84. The first kappa shape index (κ1) is 10.3. The summed E-state index contributed by atoms with van der Waals surface area (Å²) in [7, 11) is 0. The van der Waals surface area contributed by atoms with Gasteiger partial charge in [0, 0.05) is 30.8 Å². The molecular formula is C12H12N2O3. The van der Waals surface area contributed by atoms with Crippen molar-refractivity contribution in [3.05, 3.63) is 34.4 Å². The van der Waals surface area contributed by atoms with E-state index < -0.39 is 4.92 Å². The second kappa shape index (κ2) is 3.29. The predicted molar refractivity (Wildman–Crippen MR) is 61.7 cm³/mol. The van der Waals surface area contributed by atoms with E-state index in [4.69, 9.17) is 0 Å². The van der Waals surface area contributed by atoms with Crippen molar-refractivity contribution in [2.75, 3.05) is 11.4 Å². The maximum Gasteiger partial charge on any atom is 0.269 e. The minimum absolute atomic E-state index is 0.0570. The van der Waals surface area contributed by atoms with E-state index in [1.807, 2.05) is 0 Å².